The maximum atomic E-state index is 13.5. The fraction of sp³-hybridized carbons (Fsp3) is 0.407. The van der Waals surface area contributed by atoms with Crippen molar-refractivity contribution in [1.29, 1.82) is 0 Å². The van der Waals surface area contributed by atoms with Crippen molar-refractivity contribution >= 4 is 18.0 Å². The summed E-state index contributed by atoms with van der Waals surface area (Å²) < 4.78 is 0. The van der Waals surface area contributed by atoms with Crippen LogP contribution in [0.2, 0.25) is 0 Å². The number of benzene rings is 2. The molecule has 32 heavy (non-hydrogen) atoms. The van der Waals surface area contributed by atoms with Crippen molar-refractivity contribution in [2.75, 3.05) is 19.0 Å². The summed E-state index contributed by atoms with van der Waals surface area (Å²) in [6, 6.07) is 18.4. The summed E-state index contributed by atoms with van der Waals surface area (Å²) in [5.41, 5.74) is 2.88. The van der Waals surface area contributed by atoms with E-state index in [2.05, 4.69) is 37.9 Å². The van der Waals surface area contributed by atoms with Gasteiger partial charge in [-0.05, 0) is 51.3 Å². The van der Waals surface area contributed by atoms with Gasteiger partial charge in [-0.1, -0.05) is 55.5 Å². The number of rotatable bonds is 10. The van der Waals surface area contributed by atoms with E-state index in [9.17, 15) is 9.59 Å². The first-order valence-electron chi connectivity index (χ1n) is 11.2. The van der Waals surface area contributed by atoms with Gasteiger partial charge in [0.05, 0.1) is 11.6 Å². The average molecular weight is 438 g/mol. The minimum absolute atomic E-state index is 0.0462. The standard InChI is InChI=1S/C23H30N2O.C4H9NO/c1-6-18(3)25(20(7-2)17-19-13-9-8-10-14-19)23(26)21-15-11-12-16-22(21)24(4)5;1-4(2)5-3-6/h7-16,18,20H,2,6,17H2,1,3-5H3;3-4H,1-2H3,(H,5,6). The van der Waals surface area contributed by atoms with E-state index in [1.165, 1.54) is 5.56 Å². The third kappa shape index (κ3) is 8.22. The first-order chi connectivity index (χ1) is 15.3. The molecule has 0 aromatic heterocycles. The van der Waals surface area contributed by atoms with E-state index in [1.807, 2.05) is 86.3 Å². The van der Waals surface area contributed by atoms with Gasteiger partial charge in [0.25, 0.3) is 5.91 Å². The van der Waals surface area contributed by atoms with Crippen molar-refractivity contribution in [2.24, 2.45) is 0 Å². The van der Waals surface area contributed by atoms with Crippen molar-refractivity contribution in [3.8, 4) is 0 Å². The van der Waals surface area contributed by atoms with Crippen LogP contribution in [-0.4, -0.2) is 49.4 Å². The molecule has 0 aliphatic heterocycles. The lowest BCUT2D eigenvalue weighted by Crippen LogP contribution is -2.46. The molecule has 174 valence electrons. The zero-order valence-corrected chi connectivity index (χ0v) is 20.4. The van der Waals surface area contributed by atoms with E-state index in [0.29, 0.717) is 6.41 Å². The van der Waals surface area contributed by atoms with Crippen LogP contribution in [0, 0.1) is 0 Å². The maximum absolute atomic E-state index is 13.5. The van der Waals surface area contributed by atoms with Gasteiger partial charge in [0.1, 0.15) is 0 Å². The Morgan fingerprint density at radius 2 is 1.62 bits per heavy atom. The lowest BCUT2D eigenvalue weighted by atomic mass is 10.00. The molecule has 1 N–H and O–H groups in total. The Hall–Kier alpha value is -3.08. The Balaban J connectivity index is 0.000000751. The van der Waals surface area contributed by atoms with Gasteiger partial charge in [-0.3, -0.25) is 9.59 Å². The van der Waals surface area contributed by atoms with Crippen LogP contribution in [0.1, 0.15) is 50.0 Å². The molecule has 0 saturated carbocycles. The second kappa shape index (κ2) is 14.1. The Kier molecular flexibility index (Phi) is 11.9. The molecule has 0 aliphatic carbocycles. The molecule has 2 rings (SSSR count). The molecule has 2 amide bonds. The molecule has 2 unspecified atom stereocenters. The lowest BCUT2D eigenvalue weighted by molar-refractivity contribution is -0.109. The van der Waals surface area contributed by atoms with Gasteiger partial charge in [-0.25, -0.2) is 0 Å². The molecule has 2 aromatic rings. The second-order valence-electron chi connectivity index (χ2n) is 8.31. The van der Waals surface area contributed by atoms with Gasteiger partial charge in [0.15, 0.2) is 0 Å². The molecule has 5 nitrogen and oxygen atoms in total. The summed E-state index contributed by atoms with van der Waals surface area (Å²) in [4.78, 5) is 27.0. The van der Waals surface area contributed by atoms with E-state index in [0.717, 1.165) is 24.1 Å². The summed E-state index contributed by atoms with van der Waals surface area (Å²) in [7, 11) is 3.93. The molecule has 0 fully saturated rings. The normalized spacial score (nSPS) is 12.1. The summed E-state index contributed by atoms with van der Waals surface area (Å²) in [5.74, 6) is 0.0597. The largest absolute Gasteiger partial charge is 0.377 e. The predicted molar refractivity (Wildman–Crippen MR) is 135 cm³/mol. The average Bonchev–Trinajstić information content (AvgIpc) is 2.79. The van der Waals surface area contributed by atoms with Crippen LogP contribution in [0.25, 0.3) is 0 Å². The predicted octanol–water partition coefficient (Wildman–Crippen LogP) is 4.93. The SMILES string of the molecule is C=CC(Cc1ccccc1)N(C(=O)c1ccccc1N(C)C)C(C)CC.CC(C)NC=O. The summed E-state index contributed by atoms with van der Waals surface area (Å²) in [5, 5.41) is 2.53. The Labute approximate surface area is 194 Å². The Morgan fingerprint density at radius 1 is 1.03 bits per heavy atom. The topological polar surface area (TPSA) is 52.7 Å². The zero-order valence-electron chi connectivity index (χ0n) is 20.4. The third-order valence-electron chi connectivity index (χ3n) is 5.23. The van der Waals surface area contributed by atoms with E-state index in [1.54, 1.807) is 0 Å². The highest BCUT2D eigenvalue weighted by Crippen LogP contribution is 2.24. The van der Waals surface area contributed by atoms with Gasteiger partial charge in [0.2, 0.25) is 6.41 Å². The van der Waals surface area contributed by atoms with Crippen molar-refractivity contribution in [2.45, 2.75) is 58.7 Å². The molecular weight excluding hydrogens is 398 g/mol. The number of amides is 2. The monoisotopic (exact) mass is 437 g/mol. The minimum atomic E-state index is -0.0462. The first-order valence-corrected chi connectivity index (χ1v) is 11.2. The van der Waals surface area contributed by atoms with E-state index in [4.69, 9.17) is 0 Å². The van der Waals surface area contributed by atoms with Crippen molar-refractivity contribution in [3.63, 3.8) is 0 Å². The van der Waals surface area contributed by atoms with Crippen LogP contribution in [0.4, 0.5) is 5.69 Å². The van der Waals surface area contributed by atoms with Gasteiger partial charge in [-0.15, -0.1) is 6.58 Å². The molecule has 2 atom stereocenters. The molecule has 0 radical (unpaired) electrons. The van der Waals surface area contributed by atoms with Crippen molar-refractivity contribution < 1.29 is 9.59 Å². The number of carbonyl (C=O) groups is 2. The van der Waals surface area contributed by atoms with Crippen molar-refractivity contribution in [1.82, 2.24) is 10.2 Å². The highest BCUT2D eigenvalue weighted by atomic mass is 16.2. The molecule has 5 heteroatoms. The summed E-state index contributed by atoms with van der Waals surface area (Å²) in [6.45, 7) is 12.1. The number of anilines is 1. The highest BCUT2D eigenvalue weighted by Gasteiger charge is 2.28. The fourth-order valence-corrected chi connectivity index (χ4v) is 3.34. The molecule has 0 heterocycles. The molecular formula is C27H39N3O2. The minimum Gasteiger partial charge on any atom is -0.377 e. The number of para-hydroxylation sites is 1. The van der Waals surface area contributed by atoms with Gasteiger partial charge < -0.3 is 15.1 Å². The fourth-order valence-electron chi connectivity index (χ4n) is 3.34. The maximum Gasteiger partial charge on any atom is 0.256 e. The number of hydrogen-bond acceptors (Lipinski definition) is 3. The van der Waals surface area contributed by atoms with Crippen LogP contribution < -0.4 is 10.2 Å². The van der Waals surface area contributed by atoms with Crippen LogP contribution >= 0.6 is 0 Å². The molecule has 0 aliphatic rings. The quantitative estimate of drug-likeness (QED) is 0.423. The Bertz CT molecular complexity index is 834. The third-order valence-corrected chi connectivity index (χ3v) is 5.23. The number of hydrogen-bond donors (Lipinski definition) is 1. The van der Waals surface area contributed by atoms with Gasteiger partial charge in [-0.2, -0.15) is 0 Å². The van der Waals surface area contributed by atoms with Crippen LogP contribution in [-0.2, 0) is 11.2 Å². The summed E-state index contributed by atoms with van der Waals surface area (Å²) in [6.07, 6.45) is 4.26. The molecule has 0 spiro atoms. The lowest BCUT2D eigenvalue weighted by Gasteiger charge is -2.36. The van der Waals surface area contributed by atoms with Crippen LogP contribution in [0.5, 0.6) is 0 Å². The van der Waals surface area contributed by atoms with E-state index in [-0.39, 0.29) is 24.0 Å². The summed E-state index contributed by atoms with van der Waals surface area (Å²) >= 11 is 0. The molecule has 2 aromatic carbocycles. The van der Waals surface area contributed by atoms with E-state index < -0.39 is 0 Å². The van der Waals surface area contributed by atoms with Crippen LogP contribution in [0.15, 0.2) is 67.3 Å². The van der Waals surface area contributed by atoms with Gasteiger partial charge in [0, 0.05) is 31.9 Å². The highest BCUT2D eigenvalue weighted by molar-refractivity contribution is 6.00. The number of nitrogens with zero attached hydrogens (tertiary/aromatic N) is 2. The van der Waals surface area contributed by atoms with E-state index >= 15 is 0 Å². The number of carbonyl (C=O) groups excluding carboxylic acids is 2. The van der Waals surface area contributed by atoms with Crippen molar-refractivity contribution in [3.05, 3.63) is 78.4 Å². The molecule has 0 bridgehead atoms. The zero-order chi connectivity index (χ0) is 24.1. The first kappa shape index (κ1) is 27.0. The molecule has 0 saturated heterocycles. The van der Waals surface area contributed by atoms with Crippen LogP contribution in [0.3, 0.4) is 0 Å². The number of nitrogens with one attached hydrogen (secondary N) is 1. The van der Waals surface area contributed by atoms with Gasteiger partial charge >= 0.3 is 0 Å². The Morgan fingerprint density at radius 3 is 2.09 bits per heavy atom. The smallest absolute Gasteiger partial charge is 0.256 e. The second-order valence-corrected chi connectivity index (χ2v) is 8.31.